The lowest BCUT2D eigenvalue weighted by atomic mass is 10.2. The fourth-order valence-electron chi connectivity index (χ4n) is 3.14. The average molecular weight is 351 g/mol. The molecule has 0 spiro atoms. The summed E-state index contributed by atoms with van der Waals surface area (Å²) in [6.45, 7) is 5.78. The van der Waals surface area contributed by atoms with Gasteiger partial charge in [0.2, 0.25) is 0 Å². The predicted octanol–water partition coefficient (Wildman–Crippen LogP) is 1.44. The average Bonchev–Trinajstić information content (AvgIpc) is 2.99. The van der Waals surface area contributed by atoms with Crippen LogP contribution in [-0.4, -0.2) is 63.6 Å². The van der Waals surface area contributed by atoms with Crippen LogP contribution in [0.25, 0.3) is 5.65 Å². The SMILES string of the molecule is Cc1nn2cccnc2c1C(=O)Nc1ccc(N2CCN(C)CC2)nc1. The van der Waals surface area contributed by atoms with Gasteiger partial charge in [-0.3, -0.25) is 4.79 Å². The summed E-state index contributed by atoms with van der Waals surface area (Å²) in [5.41, 5.74) is 2.32. The molecule has 0 atom stereocenters. The second-order valence-corrected chi connectivity index (χ2v) is 6.50. The molecule has 134 valence electrons. The van der Waals surface area contributed by atoms with Crippen LogP contribution in [0.1, 0.15) is 16.1 Å². The van der Waals surface area contributed by atoms with E-state index in [4.69, 9.17) is 0 Å². The number of aromatic nitrogens is 4. The van der Waals surface area contributed by atoms with Crippen molar-refractivity contribution in [3.05, 3.63) is 48.0 Å². The highest BCUT2D eigenvalue weighted by Gasteiger charge is 2.19. The van der Waals surface area contributed by atoms with Gasteiger partial charge in [0.15, 0.2) is 5.65 Å². The molecule has 0 saturated carbocycles. The smallest absolute Gasteiger partial charge is 0.261 e. The first kappa shape index (κ1) is 16.5. The second-order valence-electron chi connectivity index (χ2n) is 6.50. The van der Waals surface area contributed by atoms with Gasteiger partial charge in [0.1, 0.15) is 11.4 Å². The van der Waals surface area contributed by atoms with Gasteiger partial charge in [-0.05, 0) is 32.2 Å². The Morgan fingerprint density at radius 3 is 2.69 bits per heavy atom. The van der Waals surface area contributed by atoms with Crippen molar-refractivity contribution in [2.45, 2.75) is 6.92 Å². The lowest BCUT2D eigenvalue weighted by molar-refractivity contribution is 0.102. The van der Waals surface area contributed by atoms with Crippen molar-refractivity contribution in [2.24, 2.45) is 0 Å². The number of fused-ring (bicyclic) bond motifs is 1. The number of nitrogens with one attached hydrogen (secondary N) is 1. The van der Waals surface area contributed by atoms with Crippen LogP contribution < -0.4 is 10.2 Å². The summed E-state index contributed by atoms with van der Waals surface area (Å²) in [6, 6.07) is 5.61. The van der Waals surface area contributed by atoms with Crippen molar-refractivity contribution in [1.82, 2.24) is 24.5 Å². The van der Waals surface area contributed by atoms with Gasteiger partial charge in [0.05, 0.1) is 17.6 Å². The Balaban J connectivity index is 1.50. The summed E-state index contributed by atoms with van der Waals surface area (Å²) in [5, 5.41) is 7.22. The van der Waals surface area contributed by atoms with Gasteiger partial charge in [0.25, 0.3) is 5.91 Å². The summed E-state index contributed by atoms with van der Waals surface area (Å²) in [7, 11) is 2.13. The third-order valence-electron chi connectivity index (χ3n) is 4.63. The molecule has 3 aromatic rings. The number of hydrogen-bond donors (Lipinski definition) is 1. The van der Waals surface area contributed by atoms with Gasteiger partial charge in [-0.1, -0.05) is 0 Å². The molecule has 0 radical (unpaired) electrons. The van der Waals surface area contributed by atoms with Crippen molar-refractivity contribution < 1.29 is 4.79 Å². The van der Waals surface area contributed by atoms with Crippen LogP contribution in [0.3, 0.4) is 0 Å². The zero-order valence-corrected chi connectivity index (χ0v) is 14.9. The summed E-state index contributed by atoms with van der Waals surface area (Å²) >= 11 is 0. The number of pyridine rings is 1. The topological polar surface area (TPSA) is 78.7 Å². The van der Waals surface area contributed by atoms with Crippen molar-refractivity contribution in [2.75, 3.05) is 43.4 Å². The summed E-state index contributed by atoms with van der Waals surface area (Å²) < 4.78 is 1.61. The van der Waals surface area contributed by atoms with Gasteiger partial charge in [0, 0.05) is 38.6 Å². The summed E-state index contributed by atoms with van der Waals surface area (Å²) in [4.78, 5) is 26.0. The maximum absolute atomic E-state index is 12.7. The minimum atomic E-state index is -0.231. The number of likely N-dealkylation sites (N-methyl/N-ethyl adjacent to an activating group) is 1. The van der Waals surface area contributed by atoms with Crippen molar-refractivity contribution >= 4 is 23.1 Å². The van der Waals surface area contributed by atoms with Crippen molar-refractivity contribution in [1.29, 1.82) is 0 Å². The molecule has 4 heterocycles. The van der Waals surface area contributed by atoms with E-state index in [2.05, 4.69) is 37.2 Å². The molecule has 0 aliphatic carbocycles. The Morgan fingerprint density at radius 2 is 1.96 bits per heavy atom. The first-order valence-corrected chi connectivity index (χ1v) is 8.62. The molecule has 1 amide bonds. The number of amides is 1. The maximum atomic E-state index is 12.7. The molecule has 0 aromatic carbocycles. The Labute approximate surface area is 151 Å². The molecule has 1 aliphatic heterocycles. The van der Waals surface area contributed by atoms with E-state index < -0.39 is 0 Å². The van der Waals surface area contributed by atoms with E-state index >= 15 is 0 Å². The third-order valence-corrected chi connectivity index (χ3v) is 4.63. The van der Waals surface area contributed by atoms with Gasteiger partial charge in [-0.15, -0.1) is 0 Å². The molecule has 4 rings (SSSR count). The Morgan fingerprint density at radius 1 is 1.15 bits per heavy atom. The number of aryl methyl sites for hydroxylation is 1. The van der Waals surface area contributed by atoms with Gasteiger partial charge < -0.3 is 15.1 Å². The van der Waals surface area contributed by atoms with Crippen molar-refractivity contribution in [3.8, 4) is 0 Å². The molecule has 1 aliphatic rings. The quantitative estimate of drug-likeness (QED) is 0.769. The van der Waals surface area contributed by atoms with Crippen LogP contribution in [0.4, 0.5) is 11.5 Å². The highest BCUT2D eigenvalue weighted by molar-refractivity contribution is 6.09. The molecule has 1 fully saturated rings. The van der Waals surface area contributed by atoms with Crippen molar-refractivity contribution in [3.63, 3.8) is 0 Å². The standard InChI is InChI=1S/C18H21N7O/c1-13-16(17-19-6-3-7-25(17)22-13)18(26)21-14-4-5-15(20-12-14)24-10-8-23(2)9-11-24/h3-7,12H,8-11H2,1-2H3,(H,21,26). The fraction of sp³-hybridized carbons (Fsp3) is 0.333. The number of rotatable bonds is 3. The molecule has 1 N–H and O–H groups in total. The number of carbonyl (C=O) groups is 1. The molecule has 0 bridgehead atoms. The number of carbonyl (C=O) groups excluding carboxylic acids is 1. The molecule has 0 unspecified atom stereocenters. The first-order valence-electron chi connectivity index (χ1n) is 8.62. The van der Waals surface area contributed by atoms with Crippen LogP contribution in [0.2, 0.25) is 0 Å². The van der Waals surface area contributed by atoms with Crippen LogP contribution >= 0.6 is 0 Å². The minimum absolute atomic E-state index is 0.231. The van der Waals surface area contributed by atoms with E-state index in [0.717, 1.165) is 32.0 Å². The third kappa shape index (κ3) is 3.11. The van der Waals surface area contributed by atoms with E-state index in [-0.39, 0.29) is 5.91 Å². The number of hydrogen-bond acceptors (Lipinski definition) is 6. The van der Waals surface area contributed by atoms with Gasteiger partial charge in [-0.25, -0.2) is 14.5 Å². The molecule has 1 saturated heterocycles. The van der Waals surface area contributed by atoms with E-state index in [1.165, 1.54) is 0 Å². The zero-order valence-electron chi connectivity index (χ0n) is 14.9. The molecule has 8 nitrogen and oxygen atoms in total. The lowest BCUT2D eigenvalue weighted by Gasteiger charge is -2.33. The number of anilines is 2. The molecule has 8 heteroatoms. The molecular formula is C18H21N7O. The predicted molar refractivity (Wildman–Crippen MR) is 99.6 cm³/mol. The van der Waals surface area contributed by atoms with Gasteiger partial charge >= 0.3 is 0 Å². The van der Waals surface area contributed by atoms with Crippen LogP contribution in [-0.2, 0) is 0 Å². The molecular weight excluding hydrogens is 330 g/mol. The number of nitrogens with zero attached hydrogens (tertiary/aromatic N) is 6. The van der Waals surface area contributed by atoms with E-state index in [1.54, 1.807) is 36.1 Å². The maximum Gasteiger partial charge on any atom is 0.261 e. The highest BCUT2D eigenvalue weighted by atomic mass is 16.1. The Hall–Kier alpha value is -3.00. The van der Waals surface area contributed by atoms with Gasteiger partial charge in [-0.2, -0.15) is 5.10 Å². The minimum Gasteiger partial charge on any atom is -0.354 e. The monoisotopic (exact) mass is 351 g/mol. The summed E-state index contributed by atoms with van der Waals surface area (Å²) in [6.07, 6.45) is 5.12. The Bertz CT molecular complexity index is 926. The van der Waals surface area contributed by atoms with Crippen LogP contribution in [0, 0.1) is 6.92 Å². The molecule has 26 heavy (non-hydrogen) atoms. The van der Waals surface area contributed by atoms with Crippen LogP contribution in [0.5, 0.6) is 0 Å². The zero-order chi connectivity index (χ0) is 18.1. The largest absolute Gasteiger partial charge is 0.354 e. The van der Waals surface area contributed by atoms with Crippen LogP contribution in [0.15, 0.2) is 36.8 Å². The van der Waals surface area contributed by atoms with E-state index in [0.29, 0.717) is 22.6 Å². The molecule has 3 aromatic heterocycles. The van der Waals surface area contributed by atoms with E-state index in [9.17, 15) is 4.79 Å². The normalized spacial score (nSPS) is 15.4. The fourth-order valence-corrected chi connectivity index (χ4v) is 3.14. The first-order chi connectivity index (χ1) is 12.6. The lowest BCUT2D eigenvalue weighted by Crippen LogP contribution is -2.44. The second kappa shape index (κ2) is 6.72. The Kier molecular flexibility index (Phi) is 4.26. The summed E-state index contributed by atoms with van der Waals surface area (Å²) in [5.74, 6) is 0.704. The van der Waals surface area contributed by atoms with E-state index in [1.807, 2.05) is 12.1 Å². The highest BCUT2D eigenvalue weighted by Crippen LogP contribution is 2.18. The number of piperazine rings is 1.